The highest BCUT2D eigenvalue weighted by atomic mass is 16.2. The second-order valence-electron chi connectivity index (χ2n) is 5.28. The smallest absolute Gasteiger partial charge is 0.241 e. The number of aromatic nitrogens is 1. The molecule has 0 aliphatic carbocycles. The van der Waals surface area contributed by atoms with Gasteiger partial charge in [0.05, 0.1) is 6.54 Å². The average molecular weight is 296 g/mol. The van der Waals surface area contributed by atoms with Gasteiger partial charge in [-0.15, -0.1) is 0 Å². The van der Waals surface area contributed by atoms with E-state index in [1.165, 1.54) is 0 Å². The van der Waals surface area contributed by atoms with Crippen LogP contribution in [-0.2, 0) is 4.79 Å². The average Bonchev–Trinajstić information content (AvgIpc) is 2.61. The van der Waals surface area contributed by atoms with Crippen LogP contribution in [-0.4, -0.2) is 48.5 Å². The van der Waals surface area contributed by atoms with Gasteiger partial charge in [0.15, 0.2) is 0 Å². The molecule has 114 valence electrons. The lowest BCUT2D eigenvalue weighted by Gasteiger charge is -2.35. The molecule has 1 aromatic carbocycles. The van der Waals surface area contributed by atoms with Gasteiger partial charge in [-0.05, 0) is 24.3 Å². The maximum absolute atomic E-state index is 12.2. The molecule has 0 atom stereocenters. The van der Waals surface area contributed by atoms with E-state index in [4.69, 9.17) is 0 Å². The Hall–Kier alpha value is -2.56. The second kappa shape index (κ2) is 6.93. The topological polar surface area (TPSA) is 48.5 Å². The zero-order chi connectivity index (χ0) is 15.2. The lowest BCUT2D eigenvalue weighted by atomic mass is 10.3. The van der Waals surface area contributed by atoms with Crippen LogP contribution in [0.3, 0.4) is 0 Å². The largest absolute Gasteiger partial charge is 0.376 e. The third-order valence-corrected chi connectivity index (χ3v) is 3.82. The first-order chi connectivity index (χ1) is 10.8. The number of pyridine rings is 1. The molecule has 1 aliphatic rings. The molecule has 5 nitrogen and oxygen atoms in total. The fourth-order valence-corrected chi connectivity index (χ4v) is 2.57. The molecule has 0 spiro atoms. The molecule has 22 heavy (non-hydrogen) atoms. The van der Waals surface area contributed by atoms with Crippen molar-refractivity contribution in [2.45, 2.75) is 0 Å². The molecule has 0 bridgehead atoms. The van der Waals surface area contributed by atoms with Crippen LogP contribution in [0.25, 0.3) is 0 Å². The minimum absolute atomic E-state index is 0.143. The monoisotopic (exact) mass is 296 g/mol. The maximum atomic E-state index is 12.2. The fraction of sp³-hybridized carbons (Fsp3) is 0.294. The number of para-hydroxylation sites is 1. The molecule has 2 heterocycles. The molecule has 1 saturated heterocycles. The van der Waals surface area contributed by atoms with Crippen molar-refractivity contribution in [1.82, 2.24) is 9.88 Å². The second-order valence-corrected chi connectivity index (χ2v) is 5.28. The van der Waals surface area contributed by atoms with E-state index in [-0.39, 0.29) is 5.91 Å². The van der Waals surface area contributed by atoms with Gasteiger partial charge in [0, 0.05) is 38.1 Å². The summed E-state index contributed by atoms with van der Waals surface area (Å²) in [4.78, 5) is 20.7. The summed E-state index contributed by atoms with van der Waals surface area (Å²) >= 11 is 0. The summed E-state index contributed by atoms with van der Waals surface area (Å²) in [6, 6.07) is 15.7. The normalized spacial score (nSPS) is 14.7. The molecule has 1 amide bonds. The van der Waals surface area contributed by atoms with E-state index >= 15 is 0 Å². The summed E-state index contributed by atoms with van der Waals surface area (Å²) in [7, 11) is 0. The lowest BCUT2D eigenvalue weighted by molar-refractivity contribution is -0.129. The van der Waals surface area contributed by atoms with Gasteiger partial charge in [-0.2, -0.15) is 0 Å². The lowest BCUT2D eigenvalue weighted by Crippen LogP contribution is -2.50. The number of hydrogen-bond donors (Lipinski definition) is 1. The van der Waals surface area contributed by atoms with Gasteiger partial charge in [-0.1, -0.05) is 24.3 Å². The van der Waals surface area contributed by atoms with Crippen LogP contribution in [0.4, 0.5) is 11.5 Å². The third kappa shape index (κ3) is 3.55. The highest BCUT2D eigenvalue weighted by molar-refractivity contribution is 5.81. The van der Waals surface area contributed by atoms with Crippen LogP contribution < -0.4 is 10.2 Å². The first kappa shape index (κ1) is 14.4. The van der Waals surface area contributed by atoms with E-state index in [1.807, 2.05) is 53.4 Å². The van der Waals surface area contributed by atoms with Crippen molar-refractivity contribution in [3.8, 4) is 0 Å². The third-order valence-electron chi connectivity index (χ3n) is 3.82. The number of piperazine rings is 1. The fourth-order valence-electron chi connectivity index (χ4n) is 2.57. The number of carbonyl (C=O) groups excluding carboxylic acids is 1. The van der Waals surface area contributed by atoms with E-state index < -0.39 is 0 Å². The van der Waals surface area contributed by atoms with Gasteiger partial charge < -0.3 is 15.1 Å². The number of amides is 1. The van der Waals surface area contributed by atoms with Gasteiger partial charge in [-0.25, -0.2) is 4.98 Å². The molecule has 1 aromatic heterocycles. The number of hydrogen-bond acceptors (Lipinski definition) is 4. The van der Waals surface area contributed by atoms with Gasteiger partial charge in [0.2, 0.25) is 5.91 Å². The summed E-state index contributed by atoms with van der Waals surface area (Å²) in [6.45, 7) is 3.48. The number of nitrogens with one attached hydrogen (secondary N) is 1. The van der Waals surface area contributed by atoms with Crippen molar-refractivity contribution in [3.63, 3.8) is 0 Å². The molecule has 2 aromatic rings. The van der Waals surface area contributed by atoms with Crippen LogP contribution in [0.2, 0.25) is 0 Å². The van der Waals surface area contributed by atoms with E-state index in [0.717, 1.165) is 37.7 Å². The van der Waals surface area contributed by atoms with Crippen molar-refractivity contribution < 1.29 is 4.79 Å². The highest BCUT2D eigenvalue weighted by Gasteiger charge is 2.21. The molecule has 1 N–H and O–H groups in total. The Morgan fingerprint density at radius 3 is 2.41 bits per heavy atom. The Morgan fingerprint density at radius 2 is 1.73 bits per heavy atom. The standard InChI is InChI=1S/C17H20N4O/c22-17(14-19-15-6-2-1-3-7-15)21-12-10-20(11-13-21)16-8-4-5-9-18-16/h1-9,19H,10-14H2. The van der Waals surface area contributed by atoms with Gasteiger partial charge in [-0.3, -0.25) is 4.79 Å². The molecule has 5 heteroatoms. The van der Waals surface area contributed by atoms with Crippen molar-refractivity contribution in [2.24, 2.45) is 0 Å². The van der Waals surface area contributed by atoms with Crippen LogP contribution >= 0.6 is 0 Å². The predicted octanol–water partition coefficient (Wildman–Crippen LogP) is 1.84. The van der Waals surface area contributed by atoms with Crippen LogP contribution in [0.15, 0.2) is 54.7 Å². The number of rotatable bonds is 4. The van der Waals surface area contributed by atoms with Crippen molar-refractivity contribution in [3.05, 3.63) is 54.7 Å². The van der Waals surface area contributed by atoms with Gasteiger partial charge in [0.1, 0.15) is 5.82 Å². The zero-order valence-corrected chi connectivity index (χ0v) is 12.5. The molecule has 0 unspecified atom stereocenters. The summed E-state index contributed by atoms with van der Waals surface area (Å²) in [5.74, 6) is 1.13. The van der Waals surface area contributed by atoms with Crippen LogP contribution in [0, 0.1) is 0 Å². The Morgan fingerprint density at radius 1 is 1.00 bits per heavy atom. The molecular weight excluding hydrogens is 276 g/mol. The minimum atomic E-state index is 0.143. The number of carbonyl (C=O) groups is 1. The van der Waals surface area contributed by atoms with E-state index in [0.29, 0.717) is 6.54 Å². The predicted molar refractivity (Wildman–Crippen MR) is 88.0 cm³/mol. The summed E-state index contributed by atoms with van der Waals surface area (Å²) in [6.07, 6.45) is 1.80. The maximum Gasteiger partial charge on any atom is 0.241 e. The van der Waals surface area contributed by atoms with E-state index in [1.54, 1.807) is 6.20 Å². The number of anilines is 2. The van der Waals surface area contributed by atoms with Crippen molar-refractivity contribution in [2.75, 3.05) is 42.9 Å². The summed E-state index contributed by atoms with van der Waals surface area (Å²) in [5, 5.41) is 3.17. The SMILES string of the molecule is O=C(CNc1ccccc1)N1CCN(c2ccccn2)CC1. The molecule has 0 saturated carbocycles. The van der Waals surface area contributed by atoms with Crippen LogP contribution in [0.5, 0.6) is 0 Å². The molecule has 1 aliphatic heterocycles. The van der Waals surface area contributed by atoms with E-state index in [2.05, 4.69) is 15.2 Å². The summed E-state index contributed by atoms with van der Waals surface area (Å²) < 4.78 is 0. The van der Waals surface area contributed by atoms with Gasteiger partial charge in [0.25, 0.3) is 0 Å². The molecular formula is C17H20N4O. The summed E-state index contributed by atoms with van der Waals surface area (Å²) in [5.41, 5.74) is 0.975. The highest BCUT2D eigenvalue weighted by Crippen LogP contribution is 2.12. The van der Waals surface area contributed by atoms with Crippen molar-refractivity contribution in [1.29, 1.82) is 0 Å². The van der Waals surface area contributed by atoms with Gasteiger partial charge >= 0.3 is 0 Å². The number of benzene rings is 1. The minimum Gasteiger partial charge on any atom is -0.376 e. The Labute approximate surface area is 130 Å². The quantitative estimate of drug-likeness (QED) is 0.935. The molecule has 3 rings (SSSR count). The van der Waals surface area contributed by atoms with E-state index in [9.17, 15) is 4.79 Å². The molecule has 1 fully saturated rings. The first-order valence-corrected chi connectivity index (χ1v) is 7.55. The molecule has 0 radical (unpaired) electrons. The Kier molecular flexibility index (Phi) is 4.53. The number of nitrogens with zero attached hydrogens (tertiary/aromatic N) is 3. The first-order valence-electron chi connectivity index (χ1n) is 7.55. The Bertz CT molecular complexity index is 595. The zero-order valence-electron chi connectivity index (χ0n) is 12.5. The van der Waals surface area contributed by atoms with Crippen LogP contribution in [0.1, 0.15) is 0 Å². The van der Waals surface area contributed by atoms with Crippen molar-refractivity contribution >= 4 is 17.4 Å². The Balaban J connectivity index is 1.48.